The molecule has 0 aromatic heterocycles. The fourth-order valence-electron chi connectivity index (χ4n) is 4.05. The van der Waals surface area contributed by atoms with Crippen LogP contribution in [0.3, 0.4) is 0 Å². The molecule has 4 aromatic rings. The Hall–Kier alpha value is -3.85. The molecular formula is C29H27NO2. The van der Waals surface area contributed by atoms with E-state index in [9.17, 15) is 4.79 Å². The van der Waals surface area contributed by atoms with Crippen molar-refractivity contribution in [3.05, 3.63) is 138 Å². The van der Waals surface area contributed by atoms with Gasteiger partial charge in [-0.05, 0) is 41.3 Å². The molecule has 3 heteroatoms. The number of nitrogens with one attached hydrogen (secondary N) is 1. The second kappa shape index (κ2) is 9.52. The topological polar surface area (TPSA) is 38.3 Å². The molecule has 0 aliphatic heterocycles. The van der Waals surface area contributed by atoms with Gasteiger partial charge < -0.3 is 10.1 Å². The average molecular weight is 422 g/mol. The number of benzene rings is 4. The molecule has 0 saturated carbocycles. The number of hydrogen-bond acceptors (Lipinski definition) is 2. The van der Waals surface area contributed by atoms with Crippen molar-refractivity contribution in [2.45, 2.75) is 18.4 Å². The number of rotatable bonds is 7. The van der Waals surface area contributed by atoms with Crippen molar-refractivity contribution in [1.29, 1.82) is 0 Å². The van der Waals surface area contributed by atoms with Gasteiger partial charge in [0.15, 0.2) is 0 Å². The summed E-state index contributed by atoms with van der Waals surface area (Å²) in [6, 6.07) is 37.5. The lowest BCUT2D eigenvalue weighted by Crippen LogP contribution is -2.44. The first-order chi connectivity index (χ1) is 15.6. The van der Waals surface area contributed by atoms with Crippen LogP contribution in [0.15, 0.2) is 115 Å². The number of ether oxygens (including phenoxy) is 1. The van der Waals surface area contributed by atoms with Crippen LogP contribution < -0.4 is 10.1 Å². The lowest BCUT2D eigenvalue weighted by atomic mass is 9.75. The van der Waals surface area contributed by atoms with Gasteiger partial charge in [-0.1, -0.05) is 103 Å². The van der Waals surface area contributed by atoms with Gasteiger partial charge in [-0.15, -0.1) is 0 Å². The molecule has 1 atom stereocenters. The van der Waals surface area contributed by atoms with E-state index >= 15 is 0 Å². The van der Waals surface area contributed by atoms with Crippen molar-refractivity contribution in [2.75, 3.05) is 7.11 Å². The number of amides is 1. The molecule has 0 aliphatic carbocycles. The molecule has 4 aromatic carbocycles. The third-order valence-corrected chi connectivity index (χ3v) is 6.01. The van der Waals surface area contributed by atoms with Crippen LogP contribution in [0.25, 0.3) is 0 Å². The minimum Gasteiger partial charge on any atom is -0.497 e. The smallest absolute Gasteiger partial charge is 0.235 e. The maximum absolute atomic E-state index is 14.0. The first-order valence-electron chi connectivity index (χ1n) is 10.7. The fraction of sp³-hybridized carbons (Fsp3) is 0.138. The van der Waals surface area contributed by atoms with Crippen LogP contribution in [-0.2, 0) is 10.2 Å². The van der Waals surface area contributed by atoms with E-state index in [4.69, 9.17) is 4.74 Å². The SMILES string of the molecule is COc1ccc([C@H](NC(=O)C(C)(c2ccccc2)c2ccccc2)c2ccccc2)cc1. The van der Waals surface area contributed by atoms with Crippen LogP contribution in [-0.4, -0.2) is 13.0 Å². The summed E-state index contributed by atoms with van der Waals surface area (Å²) < 4.78 is 5.32. The lowest BCUT2D eigenvalue weighted by Gasteiger charge is -2.32. The van der Waals surface area contributed by atoms with Crippen molar-refractivity contribution in [2.24, 2.45) is 0 Å². The number of carbonyl (C=O) groups is 1. The molecule has 0 saturated heterocycles. The molecular weight excluding hydrogens is 394 g/mol. The van der Waals surface area contributed by atoms with Gasteiger partial charge in [0.05, 0.1) is 18.6 Å². The van der Waals surface area contributed by atoms with Gasteiger partial charge in [0.1, 0.15) is 5.75 Å². The van der Waals surface area contributed by atoms with Gasteiger partial charge in [0.2, 0.25) is 5.91 Å². The molecule has 1 amide bonds. The minimum absolute atomic E-state index is 0.0560. The monoisotopic (exact) mass is 421 g/mol. The Balaban J connectivity index is 1.76. The number of hydrogen-bond donors (Lipinski definition) is 1. The predicted octanol–water partition coefficient (Wildman–Crippen LogP) is 5.91. The largest absolute Gasteiger partial charge is 0.497 e. The molecule has 0 bridgehead atoms. The fourth-order valence-corrected chi connectivity index (χ4v) is 4.05. The van der Waals surface area contributed by atoms with Gasteiger partial charge in [-0.3, -0.25) is 4.79 Å². The van der Waals surface area contributed by atoms with Crippen LogP contribution in [0.5, 0.6) is 5.75 Å². The van der Waals surface area contributed by atoms with Crippen LogP contribution in [0.2, 0.25) is 0 Å². The first-order valence-corrected chi connectivity index (χ1v) is 10.7. The summed E-state index contributed by atoms with van der Waals surface area (Å²) >= 11 is 0. The highest BCUT2D eigenvalue weighted by Crippen LogP contribution is 2.34. The van der Waals surface area contributed by atoms with Crippen LogP contribution >= 0.6 is 0 Å². The van der Waals surface area contributed by atoms with Gasteiger partial charge in [-0.2, -0.15) is 0 Å². The van der Waals surface area contributed by atoms with Gasteiger partial charge in [0.25, 0.3) is 0 Å². The summed E-state index contributed by atoms with van der Waals surface area (Å²) in [4.78, 5) is 14.0. The molecule has 1 N–H and O–H groups in total. The normalized spacial score (nSPS) is 12.1. The Kier molecular flexibility index (Phi) is 6.37. The molecule has 4 rings (SSSR count). The summed E-state index contributed by atoms with van der Waals surface area (Å²) in [5.74, 6) is 0.727. The highest BCUT2D eigenvalue weighted by atomic mass is 16.5. The second-order valence-corrected chi connectivity index (χ2v) is 7.95. The second-order valence-electron chi connectivity index (χ2n) is 7.95. The third kappa shape index (κ3) is 4.28. The summed E-state index contributed by atoms with van der Waals surface area (Å²) in [6.45, 7) is 1.99. The lowest BCUT2D eigenvalue weighted by molar-refractivity contribution is -0.125. The minimum atomic E-state index is -0.845. The van der Waals surface area contributed by atoms with Gasteiger partial charge >= 0.3 is 0 Å². The first kappa shape index (κ1) is 21.4. The summed E-state index contributed by atoms with van der Waals surface area (Å²) in [5.41, 5.74) is 3.07. The number of methoxy groups -OCH3 is 1. The van der Waals surface area contributed by atoms with Crippen molar-refractivity contribution in [3.8, 4) is 5.75 Å². The molecule has 3 nitrogen and oxygen atoms in total. The van der Waals surface area contributed by atoms with Crippen molar-refractivity contribution in [3.63, 3.8) is 0 Å². The molecule has 0 unspecified atom stereocenters. The average Bonchev–Trinajstić information content (AvgIpc) is 2.88. The zero-order valence-corrected chi connectivity index (χ0v) is 18.4. The van der Waals surface area contributed by atoms with E-state index in [-0.39, 0.29) is 11.9 Å². The maximum atomic E-state index is 14.0. The zero-order chi connectivity index (χ0) is 22.4. The Morgan fingerprint density at radius 2 is 1.12 bits per heavy atom. The zero-order valence-electron chi connectivity index (χ0n) is 18.4. The quantitative estimate of drug-likeness (QED) is 0.403. The molecule has 0 fully saturated rings. The van der Waals surface area contributed by atoms with Gasteiger partial charge in [0, 0.05) is 0 Å². The summed E-state index contributed by atoms with van der Waals surface area (Å²) in [7, 11) is 1.65. The predicted molar refractivity (Wildman–Crippen MR) is 129 cm³/mol. The van der Waals surface area contributed by atoms with E-state index in [1.807, 2.05) is 122 Å². The molecule has 160 valence electrons. The molecule has 0 heterocycles. The Morgan fingerprint density at radius 1 is 0.688 bits per heavy atom. The summed E-state index contributed by atoms with van der Waals surface area (Å²) in [6.07, 6.45) is 0. The third-order valence-electron chi connectivity index (χ3n) is 6.01. The Bertz CT molecular complexity index is 1100. The maximum Gasteiger partial charge on any atom is 0.235 e. The summed E-state index contributed by atoms with van der Waals surface area (Å²) in [5, 5.41) is 3.34. The van der Waals surface area contributed by atoms with E-state index < -0.39 is 5.41 Å². The van der Waals surface area contributed by atoms with Crippen molar-refractivity contribution < 1.29 is 9.53 Å². The number of carbonyl (C=O) groups excluding carboxylic acids is 1. The van der Waals surface area contributed by atoms with Crippen molar-refractivity contribution >= 4 is 5.91 Å². The van der Waals surface area contributed by atoms with E-state index in [2.05, 4.69) is 5.32 Å². The molecule has 0 spiro atoms. The van der Waals surface area contributed by atoms with Crippen molar-refractivity contribution in [1.82, 2.24) is 5.32 Å². The Morgan fingerprint density at radius 3 is 1.59 bits per heavy atom. The van der Waals surface area contributed by atoms with Gasteiger partial charge in [-0.25, -0.2) is 0 Å². The van der Waals surface area contributed by atoms with E-state index in [0.717, 1.165) is 28.0 Å². The molecule has 0 aliphatic rings. The molecule has 32 heavy (non-hydrogen) atoms. The van der Waals surface area contributed by atoms with E-state index in [1.165, 1.54) is 0 Å². The van der Waals surface area contributed by atoms with Crippen LogP contribution in [0.1, 0.15) is 35.2 Å². The Labute approximate surface area is 189 Å². The molecule has 0 radical (unpaired) electrons. The highest BCUT2D eigenvalue weighted by molar-refractivity contribution is 5.92. The highest BCUT2D eigenvalue weighted by Gasteiger charge is 2.38. The van der Waals surface area contributed by atoms with E-state index in [1.54, 1.807) is 7.11 Å². The van der Waals surface area contributed by atoms with E-state index in [0.29, 0.717) is 0 Å². The standard InChI is InChI=1S/C29H27NO2/c1-29(24-14-8-4-9-15-24,25-16-10-5-11-17-25)28(31)30-27(22-12-6-3-7-13-22)23-18-20-26(32-2)21-19-23/h3-21,27H,1-2H3,(H,30,31)/t27-/m1/s1. The van der Waals surface area contributed by atoms with Crippen LogP contribution in [0, 0.1) is 0 Å². The van der Waals surface area contributed by atoms with Crippen LogP contribution in [0.4, 0.5) is 0 Å².